The minimum atomic E-state index is -0.979. The van der Waals surface area contributed by atoms with Crippen LogP contribution in [-0.2, 0) is 6.54 Å². The summed E-state index contributed by atoms with van der Waals surface area (Å²) in [6.07, 6.45) is 6.11. The average Bonchev–Trinajstić information content (AvgIpc) is 3.18. The van der Waals surface area contributed by atoms with Gasteiger partial charge in [-0.25, -0.2) is 9.78 Å². The molecule has 2 aliphatic heterocycles. The number of anilines is 1. The highest BCUT2D eigenvalue weighted by molar-refractivity contribution is 6.31. The van der Waals surface area contributed by atoms with Crippen LogP contribution in [0.5, 0.6) is 0 Å². The normalized spacial score (nSPS) is 18.0. The van der Waals surface area contributed by atoms with Gasteiger partial charge in [-0.2, -0.15) is 0 Å². The van der Waals surface area contributed by atoms with Gasteiger partial charge in [0.05, 0.1) is 5.69 Å². The zero-order chi connectivity index (χ0) is 26.2. The van der Waals surface area contributed by atoms with Crippen LogP contribution in [0.1, 0.15) is 61.0 Å². The Balaban J connectivity index is 0.00000154. The molecule has 0 amide bonds. The number of likely N-dealkylation sites (N-methyl/N-ethyl adjacent to an activating group) is 1. The molecule has 1 N–H and O–H groups in total. The van der Waals surface area contributed by atoms with Crippen molar-refractivity contribution in [3.63, 3.8) is 0 Å². The molecule has 4 heterocycles. The first-order valence-corrected chi connectivity index (χ1v) is 14.7. The number of hydrogen-bond donors (Lipinski definition) is 1. The molecule has 0 spiro atoms. The van der Waals surface area contributed by atoms with Crippen LogP contribution in [0.3, 0.4) is 0 Å². The highest BCUT2D eigenvalue weighted by atomic mass is 35.5. The Morgan fingerprint density at radius 1 is 0.927 bits per heavy atom. The standard InChI is InChI=1S/C30H38ClN5O2.3ClH/c1-2-33-12-14-34(15-13-33)16-17-35-18-19-36-28(23-9-8-22(31)20-26(23)35)27(21-6-4-3-5-7-21)24-10-11-25(30(37)38)32-29(24)36;;;/h8-11,20-21H,2-7,12-19H2,1H3,(H,37,38);3*1H. The number of fused-ring (bicyclic) bond motifs is 5. The van der Waals surface area contributed by atoms with E-state index in [9.17, 15) is 9.90 Å². The molecular weight excluding hydrogens is 604 g/mol. The third-order valence-corrected chi connectivity index (χ3v) is 9.16. The second-order valence-corrected chi connectivity index (χ2v) is 11.5. The molecule has 1 saturated heterocycles. The van der Waals surface area contributed by atoms with E-state index in [2.05, 4.69) is 38.3 Å². The van der Waals surface area contributed by atoms with Crippen molar-refractivity contribution in [1.82, 2.24) is 19.4 Å². The molecular formula is C30H41Cl4N5O2. The van der Waals surface area contributed by atoms with Gasteiger partial charge < -0.3 is 19.5 Å². The third kappa shape index (κ3) is 6.76. The Labute approximate surface area is 266 Å². The number of piperazine rings is 1. The Morgan fingerprint density at radius 2 is 1.63 bits per heavy atom. The van der Waals surface area contributed by atoms with Crippen LogP contribution in [-0.4, -0.2) is 82.8 Å². The van der Waals surface area contributed by atoms with Crippen LogP contribution in [0, 0.1) is 0 Å². The molecule has 6 rings (SSSR count). The van der Waals surface area contributed by atoms with Gasteiger partial charge in [0.15, 0.2) is 5.69 Å². The van der Waals surface area contributed by atoms with Gasteiger partial charge >= 0.3 is 5.97 Å². The summed E-state index contributed by atoms with van der Waals surface area (Å²) in [5.41, 5.74) is 5.85. The first-order valence-electron chi connectivity index (χ1n) is 14.3. The molecule has 41 heavy (non-hydrogen) atoms. The van der Waals surface area contributed by atoms with Crippen molar-refractivity contribution in [3.8, 4) is 11.3 Å². The Bertz CT molecular complexity index is 1340. The first-order chi connectivity index (χ1) is 18.5. The van der Waals surface area contributed by atoms with Crippen LogP contribution in [0.15, 0.2) is 30.3 Å². The van der Waals surface area contributed by atoms with Crippen LogP contribution in [0.4, 0.5) is 5.69 Å². The molecule has 0 bridgehead atoms. The molecule has 1 aromatic carbocycles. The highest BCUT2D eigenvalue weighted by Crippen LogP contribution is 2.47. The minimum Gasteiger partial charge on any atom is -0.477 e. The quantitative estimate of drug-likeness (QED) is 0.318. The molecule has 1 saturated carbocycles. The SMILES string of the molecule is CCN1CCN(CCN2CCn3c(c(C4CCCCC4)c4ccc(C(=O)O)nc43)-c3ccc(Cl)cc32)CC1.Cl.Cl.Cl. The predicted molar refractivity (Wildman–Crippen MR) is 175 cm³/mol. The minimum absolute atomic E-state index is 0. The number of pyridine rings is 1. The van der Waals surface area contributed by atoms with E-state index in [1.165, 1.54) is 54.6 Å². The lowest BCUT2D eigenvalue weighted by atomic mass is 9.82. The fraction of sp³-hybridized carbons (Fsp3) is 0.533. The average molecular weight is 646 g/mol. The van der Waals surface area contributed by atoms with Crippen LogP contribution >= 0.6 is 48.8 Å². The lowest BCUT2D eigenvalue weighted by molar-refractivity contribution is 0.0691. The summed E-state index contributed by atoms with van der Waals surface area (Å²) < 4.78 is 2.30. The molecule has 0 unspecified atom stereocenters. The number of carboxylic acid groups (broad SMARTS) is 1. The number of carbonyl (C=O) groups is 1. The van der Waals surface area contributed by atoms with Gasteiger partial charge in [-0.15, -0.1) is 37.2 Å². The maximum Gasteiger partial charge on any atom is 0.354 e. The topological polar surface area (TPSA) is 64.8 Å². The van der Waals surface area contributed by atoms with E-state index in [1.807, 2.05) is 12.1 Å². The molecule has 2 fully saturated rings. The van der Waals surface area contributed by atoms with Crippen molar-refractivity contribution in [3.05, 3.63) is 46.6 Å². The smallest absolute Gasteiger partial charge is 0.354 e. The van der Waals surface area contributed by atoms with Crippen molar-refractivity contribution >= 4 is 71.5 Å². The maximum atomic E-state index is 11.8. The number of halogens is 4. The zero-order valence-electron chi connectivity index (χ0n) is 23.6. The van der Waals surface area contributed by atoms with Crippen molar-refractivity contribution in [2.24, 2.45) is 0 Å². The van der Waals surface area contributed by atoms with E-state index in [-0.39, 0.29) is 42.9 Å². The molecule has 226 valence electrons. The molecule has 2 aromatic heterocycles. The Morgan fingerprint density at radius 3 is 2.32 bits per heavy atom. The number of aromatic nitrogens is 2. The van der Waals surface area contributed by atoms with E-state index in [0.29, 0.717) is 5.92 Å². The fourth-order valence-electron chi connectivity index (χ4n) is 6.81. The van der Waals surface area contributed by atoms with Crippen molar-refractivity contribution < 1.29 is 9.90 Å². The van der Waals surface area contributed by atoms with Crippen LogP contribution in [0.25, 0.3) is 22.3 Å². The third-order valence-electron chi connectivity index (χ3n) is 8.93. The number of benzene rings is 1. The van der Waals surface area contributed by atoms with E-state index in [4.69, 9.17) is 16.6 Å². The van der Waals surface area contributed by atoms with Gasteiger partial charge in [-0.1, -0.05) is 37.8 Å². The van der Waals surface area contributed by atoms with Gasteiger partial charge in [0.1, 0.15) is 5.65 Å². The molecule has 3 aromatic rings. The summed E-state index contributed by atoms with van der Waals surface area (Å²) in [7, 11) is 0. The van der Waals surface area contributed by atoms with Crippen LogP contribution in [0.2, 0.25) is 5.02 Å². The van der Waals surface area contributed by atoms with Gasteiger partial charge in [-0.3, -0.25) is 4.90 Å². The Kier molecular flexibility index (Phi) is 12.0. The maximum absolute atomic E-state index is 11.8. The molecule has 0 atom stereocenters. The van der Waals surface area contributed by atoms with Crippen molar-refractivity contribution in [2.45, 2.75) is 51.5 Å². The second-order valence-electron chi connectivity index (χ2n) is 11.0. The Hall–Kier alpha value is -1.74. The van der Waals surface area contributed by atoms with E-state index < -0.39 is 5.97 Å². The number of aromatic carboxylic acids is 1. The largest absolute Gasteiger partial charge is 0.477 e. The van der Waals surface area contributed by atoms with Crippen molar-refractivity contribution in [2.75, 3.05) is 57.3 Å². The molecule has 3 aliphatic rings. The van der Waals surface area contributed by atoms with E-state index >= 15 is 0 Å². The van der Waals surface area contributed by atoms with Crippen LogP contribution < -0.4 is 4.90 Å². The van der Waals surface area contributed by atoms with Gasteiger partial charge in [0.2, 0.25) is 0 Å². The number of hydrogen-bond acceptors (Lipinski definition) is 5. The molecule has 0 radical (unpaired) electrons. The predicted octanol–water partition coefficient (Wildman–Crippen LogP) is 6.83. The fourth-order valence-corrected chi connectivity index (χ4v) is 6.97. The summed E-state index contributed by atoms with van der Waals surface area (Å²) in [6.45, 7) is 11.4. The summed E-state index contributed by atoms with van der Waals surface area (Å²) >= 11 is 6.60. The van der Waals surface area contributed by atoms with Crippen molar-refractivity contribution in [1.29, 1.82) is 0 Å². The molecule has 1 aliphatic carbocycles. The number of rotatable bonds is 6. The summed E-state index contributed by atoms with van der Waals surface area (Å²) in [4.78, 5) is 24.1. The monoisotopic (exact) mass is 643 g/mol. The van der Waals surface area contributed by atoms with Gasteiger partial charge in [0.25, 0.3) is 0 Å². The second kappa shape index (κ2) is 14.6. The number of carboxylic acids is 1. The molecule has 11 heteroatoms. The first kappa shape index (κ1) is 33.8. The number of nitrogens with zero attached hydrogens (tertiary/aromatic N) is 5. The molecule has 7 nitrogen and oxygen atoms in total. The summed E-state index contributed by atoms with van der Waals surface area (Å²) in [5, 5.41) is 11.6. The summed E-state index contributed by atoms with van der Waals surface area (Å²) in [6, 6.07) is 9.96. The zero-order valence-corrected chi connectivity index (χ0v) is 26.8. The highest BCUT2D eigenvalue weighted by Gasteiger charge is 2.31. The van der Waals surface area contributed by atoms with Gasteiger partial charge in [-0.05, 0) is 61.2 Å². The van der Waals surface area contributed by atoms with Gasteiger partial charge in [0, 0.05) is 74.0 Å². The lowest BCUT2D eigenvalue weighted by Gasteiger charge is -2.35. The van der Waals surface area contributed by atoms with E-state index in [1.54, 1.807) is 6.07 Å². The lowest BCUT2D eigenvalue weighted by Crippen LogP contribution is -2.48. The van der Waals surface area contributed by atoms with E-state index in [0.717, 1.165) is 75.0 Å². The summed E-state index contributed by atoms with van der Waals surface area (Å²) in [5.74, 6) is -0.516.